The van der Waals surface area contributed by atoms with Crippen molar-refractivity contribution in [3.63, 3.8) is 0 Å². The molecule has 1 saturated heterocycles. The zero-order chi connectivity index (χ0) is 13.8. The molecule has 0 aliphatic carbocycles. The van der Waals surface area contributed by atoms with E-state index in [-0.39, 0.29) is 5.91 Å². The van der Waals surface area contributed by atoms with Gasteiger partial charge < -0.3 is 10.2 Å². The van der Waals surface area contributed by atoms with Crippen molar-refractivity contribution in [1.29, 1.82) is 0 Å². The van der Waals surface area contributed by atoms with Crippen molar-refractivity contribution < 1.29 is 4.79 Å². The number of nitrogens with zero attached hydrogens (tertiary/aromatic N) is 1. The summed E-state index contributed by atoms with van der Waals surface area (Å²) in [6, 6.07) is 6.21. The summed E-state index contributed by atoms with van der Waals surface area (Å²) in [6.45, 7) is 4.77. The van der Waals surface area contributed by atoms with Crippen LogP contribution in [-0.4, -0.2) is 36.5 Å². The van der Waals surface area contributed by atoms with Gasteiger partial charge in [-0.25, -0.2) is 0 Å². The lowest BCUT2D eigenvalue weighted by atomic mass is 10.0. The summed E-state index contributed by atoms with van der Waals surface area (Å²) in [6.07, 6.45) is 2.23. The highest BCUT2D eigenvalue weighted by molar-refractivity contribution is 14.1. The molecule has 5 heteroatoms. The summed E-state index contributed by atoms with van der Waals surface area (Å²) < 4.78 is 1.96. The van der Waals surface area contributed by atoms with Gasteiger partial charge in [-0.1, -0.05) is 0 Å². The minimum absolute atomic E-state index is 0.126. The van der Waals surface area contributed by atoms with Crippen LogP contribution in [-0.2, 0) is 0 Å². The van der Waals surface area contributed by atoms with Crippen molar-refractivity contribution in [2.45, 2.75) is 25.8 Å². The van der Waals surface area contributed by atoms with Crippen LogP contribution in [0.2, 0.25) is 0 Å². The van der Waals surface area contributed by atoms with Crippen LogP contribution < -0.4 is 5.32 Å². The van der Waals surface area contributed by atoms with Gasteiger partial charge >= 0.3 is 0 Å². The van der Waals surface area contributed by atoms with Crippen LogP contribution in [0.25, 0.3) is 0 Å². The molecule has 0 aromatic heterocycles. The third-order valence-electron chi connectivity index (χ3n) is 3.47. The molecule has 104 valence electrons. The molecule has 1 aliphatic heterocycles. The van der Waals surface area contributed by atoms with Crippen molar-refractivity contribution in [2.24, 2.45) is 0 Å². The third kappa shape index (κ3) is 3.70. The Balaban J connectivity index is 2.22. The minimum atomic E-state index is 0.126. The predicted molar refractivity (Wildman–Crippen MR) is 89.5 cm³/mol. The van der Waals surface area contributed by atoms with Crippen molar-refractivity contribution in [1.82, 2.24) is 10.2 Å². The number of piperidine rings is 1. The van der Waals surface area contributed by atoms with Gasteiger partial charge in [-0.3, -0.25) is 4.79 Å². The molecule has 1 aliphatic rings. The Kier molecular flexibility index (Phi) is 5.65. The summed E-state index contributed by atoms with van der Waals surface area (Å²) in [5.41, 5.74) is 0.763. The predicted octanol–water partition coefficient (Wildman–Crippen LogP) is 3.27. The fraction of sp³-hybridized carbons (Fsp3) is 0.500. The molecule has 2 rings (SSSR count). The highest BCUT2D eigenvalue weighted by atomic mass is 127. The first-order valence-electron chi connectivity index (χ1n) is 6.60. The molecule has 1 N–H and O–H groups in total. The van der Waals surface area contributed by atoms with Crippen LogP contribution in [0.15, 0.2) is 22.7 Å². The topological polar surface area (TPSA) is 32.3 Å². The molecule has 1 heterocycles. The molecule has 1 fully saturated rings. The van der Waals surface area contributed by atoms with Crippen LogP contribution >= 0.6 is 38.5 Å². The Morgan fingerprint density at radius 3 is 3.00 bits per heavy atom. The Morgan fingerprint density at radius 2 is 2.37 bits per heavy atom. The lowest BCUT2D eigenvalue weighted by molar-refractivity contribution is 0.0661. The number of hydrogen-bond acceptors (Lipinski definition) is 2. The Hall–Kier alpha value is -0.140. The smallest absolute Gasteiger partial charge is 0.255 e. The van der Waals surface area contributed by atoms with E-state index in [2.05, 4.69) is 43.8 Å². The summed E-state index contributed by atoms with van der Waals surface area (Å²) in [4.78, 5) is 14.7. The van der Waals surface area contributed by atoms with Gasteiger partial charge in [-0.2, -0.15) is 0 Å². The van der Waals surface area contributed by atoms with Crippen molar-refractivity contribution in [2.75, 3.05) is 19.6 Å². The van der Waals surface area contributed by atoms with E-state index in [4.69, 9.17) is 0 Å². The SMILES string of the molecule is CCN(C(=O)c1cc(I)ccc1Br)C1CCCNC1. The minimum Gasteiger partial charge on any atom is -0.335 e. The van der Waals surface area contributed by atoms with E-state index in [0.29, 0.717) is 6.04 Å². The second kappa shape index (κ2) is 7.04. The van der Waals surface area contributed by atoms with Crippen LogP contribution in [0.3, 0.4) is 0 Å². The first-order valence-corrected chi connectivity index (χ1v) is 8.47. The monoisotopic (exact) mass is 436 g/mol. The lowest BCUT2D eigenvalue weighted by Gasteiger charge is -2.34. The first kappa shape index (κ1) is 15.3. The van der Waals surface area contributed by atoms with E-state index in [1.54, 1.807) is 0 Å². The summed E-state index contributed by atoms with van der Waals surface area (Å²) >= 11 is 5.73. The van der Waals surface area contributed by atoms with Crippen molar-refractivity contribution in [3.05, 3.63) is 31.8 Å². The standard InChI is InChI=1S/C14H18BrIN2O/c1-2-18(11-4-3-7-17-9-11)14(19)12-8-10(16)5-6-13(12)15/h5-6,8,11,17H,2-4,7,9H2,1H3. The first-order chi connectivity index (χ1) is 9.13. The fourth-order valence-corrected chi connectivity index (χ4v) is 3.39. The second-order valence-corrected chi connectivity index (χ2v) is 6.82. The molecule has 0 spiro atoms. The van der Waals surface area contributed by atoms with E-state index in [1.165, 1.54) is 0 Å². The maximum Gasteiger partial charge on any atom is 0.255 e. The maximum atomic E-state index is 12.7. The molecule has 1 aromatic rings. The number of amides is 1. The zero-order valence-corrected chi connectivity index (χ0v) is 14.7. The molecule has 3 nitrogen and oxygen atoms in total. The summed E-state index contributed by atoms with van der Waals surface area (Å²) in [5, 5.41) is 3.37. The van der Waals surface area contributed by atoms with E-state index in [0.717, 1.165) is 46.1 Å². The van der Waals surface area contributed by atoms with E-state index >= 15 is 0 Å². The molecule has 0 saturated carbocycles. The van der Waals surface area contributed by atoms with Crippen LogP contribution in [0.1, 0.15) is 30.1 Å². The summed E-state index contributed by atoms with van der Waals surface area (Å²) in [5.74, 6) is 0.126. The summed E-state index contributed by atoms with van der Waals surface area (Å²) in [7, 11) is 0. The van der Waals surface area contributed by atoms with E-state index in [9.17, 15) is 4.79 Å². The van der Waals surface area contributed by atoms with Crippen LogP contribution in [0.5, 0.6) is 0 Å². The fourth-order valence-electron chi connectivity index (χ4n) is 2.48. The Morgan fingerprint density at radius 1 is 1.58 bits per heavy atom. The van der Waals surface area contributed by atoms with E-state index < -0.39 is 0 Å². The van der Waals surface area contributed by atoms with Gasteiger partial charge in [0.05, 0.1) is 5.56 Å². The average molecular weight is 437 g/mol. The molecule has 1 atom stereocenters. The number of likely N-dealkylation sites (N-methyl/N-ethyl adjacent to an activating group) is 1. The highest BCUT2D eigenvalue weighted by Gasteiger charge is 2.26. The Labute approximate surface area is 136 Å². The Bertz CT molecular complexity index is 461. The van der Waals surface area contributed by atoms with Gasteiger partial charge in [-0.15, -0.1) is 0 Å². The lowest BCUT2D eigenvalue weighted by Crippen LogP contribution is -2.48. The number of carbonyl (C=O) groups excluding carboxylic acids is 1. The van der Waals surface area contributed by atoms with Gasteiger partial charge in [0, 0.05) is 27.2 Å². The quantitative estimate of drug-likeness (QED) is 0.737. The van der Waals surface area contributed by atoms with Crippen molar-refractivity contribution in [3.8, 4) is 0 Å². The molecule has 1 aromatic carbocycles. The molecule has 0 bridgehead atoms. The normalized spacial score (nSPS) is 19.2. The largest absolute Gasteiger partial charge is 0.335 e. The van der Waals surface area contributed by atoms with Gasteiger partial charge in [0.15, 0.2) is 0 Å². The maximum absolute atomic E-state index is 12.7. The van der Waals surface area contributed by atoms with Crippen LogP contribution in [0.4, 0.5) is 0 Å². The van der Waals surface area contributed by atoms with Gasteiger partial charge in [0.1, 0.15) is 0 Å². The highest BCUT2D eigenvalue weighted by Crippen LogP contribution is 2.23. The molecule has 19 heavy (non-hydrogen) atoms. The number of hydrogen-bond donors (Lipinski definition) is 1. The molecular weight excluding hydrogens is 419 g/mol. The number of halogens is 2. The van der Waals surface area contributed by atoms with Crippen LogP contribution in [0, 0.1) is 3.57 Å². The molecule has 1 amide bonds. The molecular formula is C14H18BrIN2O. The van der Waals surface area contributed by atoms with Gasteiger partial charge in [-0.05, 0) is 83.0 Å². The third-order valence-corrected chi connectivity index (χ3v) is 4.83. The second-order valence-electron chi connectivity index (χ2n) is 4.72. The van der Waals surface area contributed by atoms with Gasteiger partial charge in [0.25, 0.3) is 5.91 Å². The molecule has 0 radical (unpaired) electrons. The number of rotatable bonds is 3. The number of benzene rings is 1. The van der Waals surface area contributed by atoms with E-state index in [1.807, 2.05) is 30.0 Å². The number of carbonyl (C=O) groups is 1. The zero-order valence-electron chi connectivity index (χ0n) is 11.0. The van der Waals surface area contributed by atoms with Gasteiger partial charge in [0.2, 0.25) is 0 Å². The molecule has 1 unspecified atom stereocenters. The number of nitrogens with one attached hydrogen (secondary N) is 1. The average Bonchev–Trinajstić information content (AvgIpc) is 2.43. The van der Waals surface area contributed by atoms with Crippen molar-refractivity contribution >= 4 is 44.4 Å².